The SMILES string of the molecule is CCNC(=O)c1ccc(N)c(OCC(=O)N(CC)CC)c1. The van der Waals surface area contributed by atoms with E-state index >= 15 is 0 Å². The van der Waals surface area contributed by atoms with Crippen LogP contribution in [0.25, 0.3) is 0 Å². The van der Waals surface area contributed by atoms with Gasteiger partial charge in [0.25, 0.3) is 11.8 Å². The molecule has 0 fully saturated rings. The van der Waals surface area contributed by atoms with Crippen LogP contribution >= 0.6 is 0 Å². The highest BCUT2D eigenvalue weighted by atomic mass is 16.5. The van der Waals surface area contributed by atoms with Crippen molar-refractivity contribution < 1.29 is 14.3 Å². The molecule has 0 heterocycles. The Bertz CT molecular complexity index is 499. The largest absolute Gasteiger partial charge is 0.482 e. The minimum atomic E-state index is -0.197. The number of likely N-dealkylation sites (N-methyl/N-ethyl adjacent to an activating group) is 1. The lowest BCUT2D eigenvalue weighted by molar-refractivity contribution is -0.132. The van der Waals surface area contributed by atoms with Crippen LogP contribution in [-0.4, -0.2) is 43.0 Å². The minimum absolute atomic E-state index is 0.0925. The molecule has 0 spiro atoms. The summed E-state index contributed by atoms with van der Waals surface area (Å²) in [6, 6.07) is 4.77. The topological polar surface area (TPSA) is 84.7 Å². The van der Waals surface area contributed by atoms with E-state index in [-0.39, 0.29) is 18.4 Å². The standard InChI is InChI=1S/C15H23N3O3/c1-4-17-15(20)11-7-8-12(16)13(9-11)21-10-14(19)18(5-2)6-3/h7-9H,4-6,10,16H2,1-3H3,(H,17,20). The van der Waals surface area contributed by atoms with Crippen LogP contribution < -0.4 is 15.8 Å². The zero-order valence-corrected chi connectivity index (χ0v) is 12.8. The van der Waals surface area contributed by atoms with E-state index in [1.165, 1.54) is 0 Å². The number of anilines is 1. The van der Waals surface area contributed by atoms with Crippen LogP contribution in [-0.2, 0) is 4.79 Å². The van der Waals surface area contributed by atoms with E-state index in [1.807, 2.05) is 20.8 Å². The number of nitrogen functional groups attached to an aromatic ring is 1. The fourth-order valence-electron chi connectivity index (χ4n) is 1.87. The van der Waals surface area contributed by atoms with Crippen LogP contribution in [0.2, 0.25) is 0 Å². The van der Waals surface area contributed by atoms with Crippen molar-refractivity contribution in [2.75, 3.05) is 32.0 Å². The Morgan fingerprint density at radius 1 is 1.24 bits per heavy atom. The second-order valence-electron chi connectivity index (χ2n) is 4.47. The average Bonchev–Trinajstić information content (AvgIpc) is 2.47. The summed E-state index contributed by atoms with van der Waals surface area (Å²) >= 11 is 0. The van der Waals surface area contributed by atoms with E-state index in [9.17, 15) is 9.59 Å². The van der Waals surface area contributed by atoms with Crippen molar-refractivity contribution in [2.24, 2.45) is 0 Å². The van der Waals surface area contributed by atoms with Gasteiger partial charge in [-0.2, -0.15) is 0 Å². The summed E-state index contributed by atoms with van der Waals surface area (Å²) in [6.45, 7) is 7.37. The van der Waals surface area contributed by atoms with Crippen LogP contribution in [0.15, 0.2) is 18.2 Å². The summed E-state index contributed by atoms with van der Waals surface area (Å²) in [4.78, 5) is 25.3. The molecular weight excluding hydrogens is 270 g/mol. The van der Waals surface area contributed by atoms with E-state index in [0.29, 0.717) is 36.6 Å². The van der Waals surface area contributed by atoms with Gasteiger partial charge >= 0.3 is 0 Å². The third-order valence-electron chi connectivity index (χ3n) is 3.08. The maximum Gasteiger partial charge on any atom is 0.260 e. The van der Waals surface area contributed by atoms with Crippen LogP contribution in [0.1, 0.15) is 31.1 Å². The molecule has 3 N–H and O–H groups in total. The third kappa shape index (κ3) is 4.66. The Morgan fingerprint density at radius 3 is 2.48 bits per heavy atom. The molecular formula is C15H23N3O3. The molecule has 21 heavy (non-hydrogen) atoms. The molecule has 0 aliphatic carbocycles. The lowest BCUT2D eigenvalue weighted by Crippen LogP contribution is -2.34. The summed E-state index contributed by atoms with van der Waals surface area (Å²) < 4.78 is 5.46. The zero-order chi connectivity index (χ0) is 15.8. The van der Waals surface area contributed by atoms with Gasteiger partial charge < -0.3 is 20.7 Å². The lowest BCUT2D eigenvalue weighted by Gasteiger charge is -2.19. The maximum atomic E-state index is 11.9. The first kappa shape index (κ1) is 16.8. The molecule has 1 aromatic rings. The Kier molecular flexibility index (Phi) is 6.52. The van der Waals surface area contributed by atoms with Crippen LogP contribution in [0.3, 0.4) is 0 Å². The summed E-state index contributed by atoms with van der Waals surface area (Å²) in [7, 11) is 0. The molecule has 0 radical (unpaired) electrons. The first-order valence-electron chi connectivity index (χ1n) is 7.11. The number of nitrogens with two attached hydrogens (primary N) is 1. The van der Waals surface area contributed by atoms with Gasteiger partial charge in [0.2, 0.25) is 0 Å². The molecule has 0 saturated carbocycles. The lowest BCUT2D eigenvalue weighted by atomic mass is 10.2. The molecule has 6 nitrogen and oxygen atoms in total. The molecule has 0 unspecified atom stereocenters. The normalized spacial score (nSPS) is 10.0. The highest BCUT2D eigenvalue weighted by Gasteiger charge is 2.13. The predicted molar refractivity (Wildman–Crippen MR) is 82.3 cm³/mol. The molecule has 2 amide bonds. The Hall–Kier alpha value is -2.24. The number of nitrogens with zero attached hydrogens (tertiary/aromatic N) is 1. The number of amides is 2. The number of ether oxygens (including phenoxy) is 1. The number of carbonyl (C=O) groups excluding carboxylic acids is 2. The molecule has 1 aromatic carbocycles. The highest BCUT2D eigenvalue weighted by Crippen LogP contribution is 2.22. The summed E-state index contributed by atoms with van der Waals surface area (Å²) in [5.41, 5.74) is 6.66. The van der Waals surface area contributed by atoms with Crippen molar-refractivity contribution in [2.45, 2.75) is 20.8 Å². The predicted octanol–water partition coefficient (Wildman–Crippen LogP) is 1.27. The van der Waals surface area contributed by atoms with Gasteiger partial charge in [-0.3, -0.25) is 9.59 Å². The van der Waals surface area contributed by atoms with Crippen LogP contribution in [0, 0.1) is 0 Å². The molecule has 0 aliphatic rings. The number of nitrogens with one attached hydrogen (secondary N) is 1. The summed E-state index contributed by atoms with van der Waals surface area (Å²) in [5.74, 6) is 0.0412. The summed E-state index contributed by atoms with van der Waals surface area (Å²) in [5, 5.41) is 2.70. The van der Waals surface area contributed by atoms with Gasteiger partial charge in [0.15, 0.2) is 6.61 Å². The molecule has 0 aliphatic heterocycles. The number of rotatable bonds is 7. The van der Waals surface area contributed by atoms with Gasteiger partial charge in [0.05, 0.1) is 5.69 Å². The first-order chi connectivity index (χ1) is 10.0. The van der Waals surface area contributed by atoms with E-state index in [4.69, 9.17) is 10.5 Å². The van der Waals surface area contributed by atoms with Crippen molar-refractivity contribution in [3.63, 3.8) is 0 Å². The molecule has 0 aromatic heterocycles. The quantitative estimate of drug-likeness (QED) is 0.741. The van der Waals surface area contributed by atoms with Crippen molar-refractivity contribution >= 4 is 17.5 Å². The van der Waals surface area contributed by atoms with E-state index in [2.05, 4.69) is 5.32 Å². The molecule has 0 atom stereocenters. The fourth-order valence-corrected chi connectivity index (χ4v) is 1.87. The molecule has 1 rings (SSSR count). The number of hydrogen-bond acceptors (Lipinski definition) is 4. The number of hydrogen-bond donors (Lipinski definition) is 2. The molecule has 6 heteroatoms. The number of carbonyl (C=O) groups is 2. The van der Waals surface area contributed by atoms with Gasteiger partial charge in [0.1, 0.15) is 5.75 Å². The van der Waals surface area contributed by atoms with E-state index in [0.717, 1.165) is 0 Å². The summed E-state index contributed by atoms with van der Waals surface area (Å²) in [6.07, 6.45) is 0. The van der Waals surface area contributed by atoms with Crippen molar-refractivity contribution in [1.82, 2.24) is 10.2 Å². The second-order valence-corrected chi connectivity index (χ2v) is 4.47. The second kappa shape index (κ2) is 8.14. The van der Waals surface area contributed by atoms with Crippen molar-refractivity contribution in [3.05, 3.63) is 23.8 Å². The molecule has 0 saturated heterocycles. The van der Waals surface area contributed by atoms with Crippen LogP contribution in [0.5, 0.6) is 5.75 Å². The Morgan fingerprint density at radius 2 is 1.90 bits per heavy atom. The Labute approximate surface area is 125 Å². The highest BCUT2D eigenvalue weighted by molar-refractivity contribution is 5.95. The number of benzene rings is 1. The van der Waals surface area contributed by atoms with Gasteiger partial charge in [-0.1, -0.05) is 0 Å². The van der Waals surface area contributed by atoms with Crippen LogP contribution in [0.4, 0.5) is 5.69 Å². The molecule has 0 bridgehead atoms. The minimum Gasteiger partial charge on any atom is -0.482 e. The smallest absolute Gasteiger partial charge is 0.260 e. The van der Waals surface area contributed by atoms with Gasteiger partial charge in [-0.05, 0) is 39.0 Å². The van der Waals surface area contributed by atoms with Gasteiger partial charge in [-0.25, -0.2) is 0 Å². The Balaban J connectivity index is 2.76. The first-order valence-corrected chi connectivity index (χ1v) is 7.11. The maximum absolute atomic E-state index is 11.9. The van der Waals surface area contributed by atoms with Crippen molar-refractivity contribution in [3.8, 4) is 5.75 Å². The van der Waals surface area contributed by atoms with Gasteiger partial charge in [0, 0.05) is 25.2 Å². The van der Waals surface area contributed by atoms with E-state index in [1.54, 1.807) is 23.1 Å². The van der Waals surface area contributed by atoms with E-state index < -0.39 is 0 Å². The zero-order valence-electron chi connectivity index (χ0n) is 12.8. The molecule has 116 valence electrons. The monoisotopic (exact) mass is 293 g/mol. The van der Waals surface area contributed by atoms with Crippen molar-refractivity contribution in [1.29, 1.82) is 0 Å². The fraction of sp³-hybridized carbons (Fsp3) is 0.467. The third-order valence-corrected chi connectivity index (χ3v) is 3.08. The van der Waals surface area contributed by atoms with Gasteiger partial charge in [-0.15, -0.1) is 0 Å². The average molecular weight is 293 g/mol.